The predicted molar refractivity (Wildman–Crippen MR) is 146 cm³/mol. The van der Waals surface area contributed by atoms with Crippen LogP contribution in [-0.4, -0.2) is 65.1 Å². The van der Waals surface area contributed by atoms with Gasteiger partial charge in [0.25, 0.3) is 5.91 Å². The fourth-order valence-electron chi connectivity index (χ4n) is 4.15. The van der Waals surface area contributed by atoms with Crippen LogP contribution in [0.4, 0.5) is 24.7 Å². The molecule has 0 aliphatic carbocycles. The van der Waals surface area contributed by atoms with E-state index in [2.05, 4.69) is 25.2 Å². The molecule has 0 atom stereocenters. The maximum atomic E-state index is 13.9. The summed E-state index contributed by atoms with van der Waals surface area (Å²) in [5, 5.41) is 2.49. The molecule has 204 valence electrons. The molecule has 0 saturated carbocycles. The number of piperazine rings is 1. The SMILES string of the molecule is Cc1ccc(C(=O)Nc2cc(C(F)(F)F)c(CN3CCN(C)CC3)cn2)cc1N=C/C(=C\N)c1cccnc1. The molecule has 11 heteroatoms. The first kappa shape index (κ1) is 27.9. The summed E-state index contributed by atoms with van der Waals surface area (Å²) in [6.07, 6.45) is 2.88. The third-order valence-electron chi connectivity index (χ3n) is 6.51. The molecular weight excluding hydrogens is 507 g/mol. The molecule has 3 heterocycles. The fraction of sp³-hybridized carbons (Fsp3) is 0.286. The van der Waals surface area contributed by atoms with Crippen LogP contribution >= 0.6 is 0 Å². The number of anilines is 1. The van der Waals surface area contributed by atoms with Crippen LogP contribution in [0.25, 0.3) is 5.57 Å². The van der Waals surface area contributed by atoms with E-state index in [9.17, 15) is 18.0 Å². The molecule has 4 rings (SSSR count). The Bertz CT molecular complexity index is 1370. The van der Waals surface area contributed by atoms with Crippen LogP contribution < -0.4 is 11.1 Å². The number of alkyl halides is 3. The van der Waals surface area contributed by atoms with Gasteiger partial charge in [-0.15, -0.1) is 0 Å². The zero-order valence-electron chi connectivity index (χ0n) is 21.7. The van der Waals surface area contributed by atoms with Crippen LogP contribution in [-0.2, 0) is 12.7 Å². The summed E-state index contributed by atoms with van der Waals surface area (Å²) in [4.78, 5) is 29.7. The molecular formula is C28H30F3N7O. The number of aryl methyl sites for hydroxylation is 1. The summed E-state index contributed by atoms with van der Waals surface area (Å²) in [7, 11) is 1.98. The first-order valence-corrected chi connectivity index (χ1v) is 12.4. The number of pyridine rings is 2. The van der Waals surface area contributed by atoms with Gasteiger partial charge in [0.05, 0.1) is 11.3 Å². The first-order chi connectivity index (χ1) is 18.6. The van der Waals surface area contributed by atoms with Crippen molar-refractivity contribution in [1.82, 2.24) is 19.8 Å². The lowest BCUT2D eigenvalue weighted by Crippen LogP contribution is -2.44. The Hall–Kier alpha value is -4.09. The number of hydrogen-bond donors (Lipinski definition) is 2. The van der Waals surface area contributed by atoms with E-state index in [-0.39, 0.29) is 23.5 Å². The molecule has 1 saturated heterocycles. The van der Waals surface area contributed by atoms with Crippen LogP contribution in [0.3, 0.4) is 0 Å². The van der Waals surface area contributed by atoms with E-state index in [1.54, 1.807) is 42.9 Å². The molecule has 3 aromatic rings. The maximum absolute atomic E-state index is 13.9. The molecule has 0 unspecified atom stereocenters. The Morgan fingerprint density at radius 1 is 1.13 bits per heavy atom. The fourth-order valence-corrected chi connectivity index (χ4v) is 4.15. The molecule has 0 radical (unpaired) electrons. The van der Waals surface area contributed by atoms with Crippen molar-refractivity contribution in [2.75, 3.05) is 38.5 Å². The standard InChI is InChI=1S/C28H30F3N7O/c1-19-5-6-20(12-25(19)34-16-22(14-32)21-4-3-7-33-15-21)27(39)36-26-13-24(28(29,30)31)23(17-35-26)18-38-10-8-37(2)9-11-38/h3-7,12-17H,8-11,18,32H2,1-2H3,(H,35,36,39)/b22-14+,34-16?. The normalized spacial score (nSPS) is 15.6. The number of amides is 1. The Kier molecular flexibility index (Phi) is 8.72. The molecule has 0 spiro atoms. The van der Waals surface area contributed by atoms with Crippen molar-refractivity contribution in [3.05, 3.63) is 89.0 Å². The van der Waals surface area contributed by atoms with Crippen LogP contribution in [0.2, 0.25) is 0 Å². The lowest BCUT2D eigenvalue weighted by molar-refractivity contribution is -0.138. The molecule has 1 aromatic carbocycles. The van der Waals surface area contributed by atoms with Gasteiger partial charge in [0.15, 0.2) is 0 Å². The van der Waals surface area contributed by atoms with Crippen molar-refractivity contribution in [1.29, 1.82) is 0 Å². The van der Waals surface area contributed by atoms with Gasteiger partial charge in [0.2, 0.25) is 0 Å². The zero-order chi connectivity index (χ0) is 28.0. The third kappa shape index (κ3) is 7.27. The van der Waals surface area contributed by atoms with Crippen molar-refractivity contribution >= 4 is 29.2 Å². The minimum absolute atomic E-state index is 0.0781. The van der Waals surface area contributed by atoms with Crippen molar-refractivity contribution in [3.63, 3.8) is 0 Å². The average Bonchev–Trinajstić information content (AvgIpc) is 2.92. The van der Waals surface area contributed by atoms with E-state index >= 15 is 0 Å². The summed E-state index contributed by atoms with van der Waals surface area (Å²) in [6.45, 7) is 4.91. The first-order valence-electron chi connectivity index (χ1n) is 12.4. The van der Waals surface area contributed by atoms with Gasteiger partial charge in [0, 0.05) is 80.4 Å². The zero-order valence-corrected chi connectivity index (χ0v) is 21.7. The van der Waals surface area contributed by atoms with Crippen LogP contribution in [0.5, 0.6) is 0 Å². The summed E-state index contributed by atoms with van der Waals surface area (Å²) in [5.41, 5.74) is 7.97. The highest BCUT2D eigenvalue weighted by Gasteiger charge is 2.34. The number of rotatable bonds is 7. The number of carbonyl (C=O) groups is 1. The molecule has 1 aliphatic heterocycles. The molecule has 1 aliphatic rings. The van der Waals surface area contributed by atoms with Crippen LogP contribution in [0.15, 0.2) is 66.2 Å². The second kappa shape index (κ2) is 12.2. The van der Waals surface area contributed by atoms with E-state index < -0.39 is 17.6 Å². The lowest BCUT2D eigenvalue weighted by atomic mass is 10.1. The molecule has 8 nitrogen and oxygen atoms in total. The van der Waals surface area contributed by atoms with Crippen molar-refractivity contribution in [2.45, 2.75) is 19.6 Å². The van der Waals surface area contributed by atoms with E-state index in [1.165, 1.54) is 12.4 Å². The average molecular weight is 538 g/mol. The smallest absolute Gasteiger partial charge is 0.404 e. The second-order valence-electron chi connectivity index (χ2n) is 9.38. The van der Waals surface area contributed by atoms with Gasteiger partial charge >= 0.3 is 6.18 Å². The Labute approximate surface area is 225 Å². The number of allylic oxidation sites excluding steroid dienone is 1. The number of nitrogens with one attached hydrogen (secondary N) is 1. The highest BCUT2D eigenvalue weighted by molar-refractivity contribution is 6.10. The second-order valence-corrected chi connectivity index (χ2v) is 9.38. The van der Waals surface area contributed by atoms with E-state index in [1.807, 2.05) is 24.9 Å². The Morgan fingerprint density at radius 2 is 1.90 bits per heavy atom. The van der Waals surface area contributed by atoms with E-state index in [0.717, 1.165) is 30.3 Å². The number of nitrogens with two attached hydrogens (primary N) is 1. The van der Waals surface area contributed by atoms with Crippen LogP contribution in [0, 0.1) is 6.92 Å². The number of aromatic nitrogens is 2. The summed E-state index contributed by atoms with van der Waals surface area (Å²) in [6, 6.07) is 9.36. The van der Waals surface area contributed by atoms with Gasteiger partial charge in [-0.1, -0.05) is 12.1 Å². The largest absolute Gasteiger partial charge is 0.416 e. The number of nitrogens with zero attached hydrogens (tertiary/aromatic N) is 5. The summed E-state index contributed by atoms with van der Waals surface area (Å²) >= 11 is 0. The quantitative estimate of drug-likeness (QED) is 0.431. The highest BCUT2D eigenvalue weighted by atomic mass is 19.4. The molecule has 1 amide bonds. The third-order valence-corrected chi connectivity index (χ3v) is 6.51. The van der Waals surface area contributed by atoms with Crippen molar-refractivity contribution in [3.8, 4) is 0 Å². The number of hydrogen-bond acceptors (Lipinski definition) is 7. The Balaban J connectivity index is 1.51. The van der Waals surface area contributed by atoms with Gasteiger partial charge in [-0.25, -0.2) is 4.98 Å². The minimum atomic E-state index is -4.58. The predicted octanol–water partition coefficient (Wildman–Crippen LogP) is 4.51. The van der Waals surface area contributed by atoms with Crippen molar-refractivity contribution in [2.24, 2.45) is 10.7 Å². The van der Waals surface area contributed by atoms with Gasteiger partial charge in [0.1, 0.15) is 5.82 Å². The number of likely N-dealkylation sites (N-methyl/N-ethyl adjacent to an activating group) is 1. The topological polar surface area (TPSA) is 99.7 Å². The maximum Gasteiger partial charge on any atom is 0.416 e. The Morgan fingerprint density at radius 3 is 2.56 bits per heavy atom. The number of aliphatic imine (C=N–C) groups is 1. The monoisotopic (exact) mass is 537 g/mol. The van der Waals surface area contributed by atoms with Crippen molar-refractivity contribution < 1.29 is 18.0 Å². The number of carbonyl (C=O) groups excluding carboxylic acids is 1. The summed E-state index contributed by atoms with van der Waals surface area (Å²) < 4.78 is 41.7. The minimum Gasteiger partial charge on any atom is -0.404 e. The van der Waals surface area contributed by atoms with Gasteiger partial charge in [-0.3, -0.25) is 19.7 Å². The van der Waals surface area contributed by atoms with Gasteiger partial charge in [-0.2, -0.15) is 13.2 Å². The van der Waals surface area contributed by atoms with Gasteiger partial charge < -0.3 is 16.0 Å². The molecule has 1 fully saturated rings. The summed E-state index contributed by atoms with van der Waals surface area (Å²) in [5.74, 6) is -0.772. The molecule has 39 heavy (non-hydrogen) atoms. The van der Waals surface area contributed by atoms with Gasteiger partial charge in [-0.05, 0) is 49.4 Å². The number of halogens is 3. The van der Waals surface area contributed by atoms with E-state index in [0.29, 0.717) is 24.4 Å². The van der Waals surface area contributed by atoms with E-state index in [4.69, 9.17) is 5.73 Å². The number of benzene rings is 1. The lowest BCUT2D eigenvalue weighted by Gasteiger charge is -2.32. The highest BCUT2D eigenvalue weighted by Crippen LogP contribution is 2.34. The molecule has 0 bridgehead atoms. The molecule has 3 N–H and O–H groups in total. The molecule has 2 aromatic heterocycles. The van der Waals surface area contributed by atoms with Crippen LogP contribution in [0.1, 0.15) is 32.6 Å².